The second-order valence-corrected chi connectivity index (χ2v) is 4.29. The van der Waals surface area contributed by atoms with Crippen LogP contribution in [0.1, 0.15) is 5.56 Å². The lowest BCUT2D eigenvalue weighted by molar-refractivity contribution is -0.113. The Kier molecular flexibility index (Phi) is 3.04. The molecule has 0 radical (unpaired) electrons. The van der Waals surface area contributed by atoms with E-state index in [0.717, 1.165) is 10.2 Å². The monoisotopic (exact) mass is 251 g/mol. The van der Waals surface area contributed by atoms with Crippen LogP contribution in [0.2, 0.25) is 0 Å². The number of nitrogens with zero attached hydrogens (tertiary/aromatic N) is 2. The molecule has 2 aromatic rings. The van der Waals surface area contributed by atoms with Crippen LogP contribution in [0.4, 0.5) is 5.13 Å². The Hall–Kier alpha value is -1.64. The van der Waals surface area contributed by atoms with Crippen LogP contribution < -0.4 is 5.32 Å². The quantitative estimate of drug-likeness (QED) is 0.833. The van der Waals surface area contributed by atoms with E-state index in [1.807, 2.05) is 0 Å². The van der Waals surface area contributed by atoms with Crippen LogP contribution in [-0.2, 0) is 4.79 Å². The Morgan fingerprint density at radius 2 is 2.44 bits per heavy atom. The molecule has 0 aliphatic carbocycles. The van der Waals surface area contributed by atoms with Crippen molar-refractivity contribution in [2.75, 3.05) is 11.2 Å². The van der Waals surface area contributed by atoms with Crippen molar-refractivity contribution in [3.05, 3.63) is 23.8 Å². The summed E-state index contributed by atoms with van der Waals surface area (Å²) in [6.45, 7) is 0. The number of fused-ring (bicyclic) bond motifs is 1. The summed E-state index contributed by atoms with van der Waals surface area (Å²) in [5.74, 6) is -0.388. The molecule has 0 atom stereocenters. The highest BCUT2D eigenvalue weighted by molar-refractivity contribution is 7.22. The Labute approximate surface area is 100 Å². The van der Waals surface area contributed by atoms with Gasteiger partial charge in [-0.15, -0.1) is 11.6 Å². The van der Waals surface area contributed by atoms with Crippen molar-refractivity contribution in [2.24, 2.45) is 0 Å². The number of nitriles is 1. The third kappa shape index (κ3) is 2.13. The third-order valence-electron chi connectivity index (χ3n) is 1.89. The van der Waals surface area contributed by atoms with Gasteiger partial charge in [-0.2, -0.15) is 5.26 Å². The van der Waals surface area contributed by atoms with Gasteiger partial charge >= 0.3 is 0 Å². The maximum Gasteiger partial charge on any atom is 0.241 e. The number of thiazole rings is 1. The number of carbonyl (C=O) groups excluding carboxylic acids is 1. The summed E-state index contributed by atoms with van der Waals surface area (Å²) in [6.07, 6.45) is 0. The van der Waals surface area contributed by atoms with E-state index in [4.69, 9.17) is 16.9 Å². The molecule has 1 N–H and O–H groups in total. The van der Waals surface area contributed by atoms with E-state index in [0.29, 0.717) is 10.7 Å². The lowest BCUT2D eigenvalue weighted by Crippen LogP contribution is -2.11. The molecule has 0 unspecified atom stereocenters. The van der Waals surface area contributed by atoms with Crippen molar-refractivity contribution < 1.29 is 4.79 Å². The average molecular weight is 252 g/mol. The lowest BCUT2D eigenvalue weighted by atomic mass is 10.2. The zero-order valence-corrected chi connectivity index (χ0v) is 9.60. The number of alkyl halides is 1. The van der Waals surface area contributed by atoms with Crippen LogP contribution in [-0.4, -0.2) is 16.8 Å². The standard InChI is InChI=1S/C10H6ClN3OS/c11-4-9(15)14-10-13-7-2-1-6(5-12)3-8(7)16-10/h1-3H,4H2,(H,13,14,15). The Morgan fingerprint density at radius 1 is 1.62 bits per heavy atom. The summed E-state index contributed by atoms with van der Waals surface area (Å²) < 4.78 is 0.865. The Balaban J connectivity index is 2.37. The molecule has 0 bridgehead atoms. The molecule has 6 heteroatoms. The number of benzene rings is 1. The maximum absolute atomic E-state index is 11.1. The normalized spacial score (nSPS) is 10.0. The first-order valence-electron chi connectivity index (χ1n) is 4.39. The molecule has 1 amide bonds. The molecular weight excluding hydrogens is 246 g/mol. The SMILES string of the molecule is N#Cc1ccc2nc(NC(=O)CCl)sc2c1. The fraction of sp³-hybridized carbons (Fsp3) is 0.100. The van der Waals surface area contributed by atoms with Crippen molar-refractivity contribution in [2.45, 2.75) is 0 Å². The van der Waals surface area contributed by atoms with Crippen LogP contribution in [0.15, 0.2) is 18.2 Å². The minimum absolute atomic E-state index is 0.0978. The van der Waals surface area contributed by atoms with Crippen molar-refractivity contribution in [3.8, 4) is 6.07 Å². The van der Waals surface area contributed by atoms with Crippen LogP contribution in [0.25, 0.3) is 10.2 Å². The zero-order valence-electron chi connectivity index (χ0n) is 8.03. The van der Waals surface area contributed by atoms with Crippen LogP contribution in [0.5, 0.6) is 0 Å². The molecule has 80 valence electrons. The Morgan fingerprint density at radius 3 is 3.12 bits per heavy atom. The summed E-state index contributed by atoms with van der Waals surface area (Å²) in [4.78, 5) is 15.2. The van der Waals surface area contributed by atoms with E-state index in [1.165, 1.54) is 11.3 Å². The number of hydrogen-bond donors (Lipinski definition) is 1. The highest BCUT2D eigenvalue weighted by atomic mass is 35.5. The van der Waals surface area contributed by atoms with Crippen molar-refractivity contribution in [3.63, 3.8) is 0 Å². The van der Waals surface area contributed by atoms with Crippen LogP contribution in [0, 0.1) is 11.3 Å². The topological polar surface area (TPSA) is 65.8 Å². The van der Waals surface area contributed by atoms with Gasteiger partial charge < -0.3 is 5.32 Å². The van der Waals surface area contributed by atoms with E-state index in [2.05, 4.69) is 16.4 Å². The maximum atomic E-state index is 11.1. The van der Waals surface area contributed by atoms with Gasteiger partial charge in [0.05, 0.1) is 21.8 Å². The number of hydrogen-bond acceptors (Lipinski definition) is 4. The minimum atomic E-state index is -0.291. The predicted molar refractivity (Wildman–Crippen MR) is 63.7 cm³/mol. The van der Waals surface area contributed by atoms with Crippen molar-refractivity contribution in [1.29, 1.82) is 5.26 Å². The van der Waals surface area contributed by atoms with E-state index in [9.17, 15) is 4.79 Å². The highest BCUT2D eigenvalue weighted by Crippen LogP contribution is 2.26. The molecular formula is C10H6ClN3OS. The molecule has 0 aliphatic rings. The molecule has 0 saturated heterocycles. The summed E-state index contributed by atoms with van der Waals surface area (Å²) in [5, 5.41) is 11.8. The van der Waals surface area contributed by atoms with E-state index in [1.54, 1.807) is 18.2 Å². The smallest absolute Gasteiger partial charge is 0.241 e. The molecule has 0 aliphatic heterocycles. The summed E-state index contributed by atoms with van der Waals surface area (Å²) >= 11 is 6.69. The molecule has 16 heavy (non-hydrogen) atoms. The van der Waals surface area contributed by atoms with Gasteiger partial charge in [0.1, 0.15) is 5.88 Å². The first kappa shape index (κ1) is 10.9. The average Bonchev–Trinajstić information content (AvgIpc) is 2.69. The number of carbonyl (C=O) groups is 1. The second kappa shape index (κ2) is 4.47. The van der Waals surface area contributed by atoms with Gasteiger partial charge in [0.25, 0.3) is 0 Å². The van der Waals surface area contributed by atoms with Gasteiger partial charge in [0, 0.05) is 0 Å². The molecule has 1 aromatic heterocycles. The molecule has 0 fully saturated rings. The Bertz CT molecular complexity index is 587. The van der Waals surface area contributed by atoms with Gasteiger partial charge in [-0.05, 0) is 18.2 Å². The molecule has 1 heterocycles. The fourth-order valence-corrected chi connectivity index (χ4v) is 2.19. The van der Waals surface area contributed by atoms with Crippen LogP contribution in [0.3, 0.4) is 0 Å². The second-order valence-electron chi connectivity index (χ2n) is 3.00. The first-order chi connectivity index (χ1) is 7.72. The first-order valence-corrected chi connectivity index (χ1v) is 5.74. The number of rotatable bonds is 2. The fourth-order valence-electron chi connectivity index (χ4n) is 1.20. The number of amides is 1. The number of anilines is 1. The van der Waals surface area contributed by atoms with Gasteiger partial charge in [-0.1, -0.05) is 11.3 Å². The molecule has 1 aromatic carbocycles. The van der Waals surface area contributed by atoms with Crippen LogP contribution >= 0.6 is 22.9 Å². The van der Waals surface area contributed by atoms with Gasteiger partial charge in [0.2, 0.25) is 5.91 Å². The third-order valence-corrected chi connectivity index (χ3v) is 3.06. The van der Waals surface area contributed by atoms with Crippen molar-refractivity contribution >= 4 is 44.2 Å². The summed E-state index contributed by atoms with van der Waals surface area (Å²) in [6, 6.07) is 7.23. The highest BCUT2D eigenvalue weighted by Gasteiger charge is 2.07. The molecule has 0 spiro atoms. The van der Waals surface area contributed by atoms with Gasteiger partial charge in [0.15, 0.2) is 5.13 Å². The van der Waals surface area contributed by atoms with E-state index < -0.39 is 0 Å². The molecule has 0 saturated carbocycles. The van der Waals surface area contributed by atoms with E-state index in [-0.39, 0.29) is 11.8 Å². The number of nitrogens with one attached hydrogen (secondary N) is 1. The van der Waals surface area contributed by atoms with Crippen molar-refractivity contribution in [1.82, 2.24) is 4.98 Å². The zero-order chi connectivity index (χ0) is 11.5. The molecule has 2 rings (SSSR count). The van der Waals surface area contributed by atoms with E-state index >= 15 is 0 Å². The number of aromatic nitrogens is 1. The summed E-state index contributed by atoms with van der Waals surface area (Å²) in [5.41, 5.74) is 1.33. The lowest BCUT2D eigenvalue weighted by Gasteiger charge is -1.94. The molecule has 4 nitrogen and oxygen atoms in total. The predicted octanol–water partition coefficient (Wildman–Crippen LogP) is 2.35. The largest absolute Gasteiger partial charge is 0.301 e. The van der Waals surface area contributed by atoms with Gasteiger partial charge in [-0.3, -0.25) is 4.79 Å². The number of halogens is 1. The van der Waals surface area contributed by atoms with Gasteiger partial charge in [-0.25, -0.2) is 4.98 Å². The summed E-state index contributed by atoms with van der Waals surface area (Å²) in [7, 11) is 0. The minimum Gasteiger partial charge on any atom is -0.301 e.